The third-order valence-electron chi connectivity index (χ3n) is 3.61. The van der Waals surface area contributed by atoms with Crippen LogP contribution >= 0.6 is 0 Å². The molecule has 5 heteroatoms. The maximum absolute atomic E-state index is 10.7. The Morgan fingerprint density at radius 2 is 1.88 bits per heavy atom. The van der Waals surface area contributed by atoms with Gasteiger partial charge in [0.1, 0.15) is 5.75 Å². The van der Waals surface area contributed by atoms with Crippen LogP contribution in [0.15, 0.2) is 48.5 Å². The molecule has 2 rings (SSSR count). The van der Waals surface area contributed by atoms with Crippen LogP contribution in [0.1, 0.15) is 31.4 Å². The van der Waals surface area contributed by atoms with Crippen LogP contribution in [0.25, 0.3) is 11.6 Å². The summed E-state index contributed by atoms with van der Waals surface area (Å²) in [6, 6.07) is 15.5. The molecule has 0 amide bonds. The van der Waals surface area contributed by atoms with Gasteiger partial charge < -0.3 is 4.74 Å². The quantitative estimate of drug-likeness (QED) is 0.330. The van der Waals surface area contributed by atoms with E-state index in [1.165, 1.54) is 12.1 Å². The highest BCUT2D eigenvalue weighted by Gasteiger charge is 2.07. The second kappa shape index (κ2) is 7.93. The fraction of sp³-hybridized carbons (Fsp3) is 0.211. The van der Waals surface area contributed by atoms with Crippen LogP contribution in [0, 0.1) is 21.4 Å². The standard InChI is InChI=1S/C19H18N2O3/c1-3-14(2)24-19-10-4-15(5-11-19)12-17(13-20)16-6-8-18(9-7-16)21(22)23/h4-12,14H,3H2,1-2H3/b17-12-/t14-/m0/s1. The van der Waals surface area contributed by atoms with Crippen LogP contribution in [-0.4, -0.2) is 11.0 Å². The molecule has 2 aromatic carbocycles. The molecule has 0 heterocycles. The van der Waals surface area contributed by atoms with E-state index < -0.39 is 4.92 Å². The Morgan fingerprint density at radius 1 is 1.25 bits per heavy atom. The Balaban J connectivity index is 2.21. The summed E-state index contributed by atoms with van der Waals surface area (Å²) >= 11 is 0. The molecule has 2 aromatic rings. The molecule has 0 aliphatic carbocycles. The van der Waals surface area contributed by atoms with Crippen molar-refractivity contribution in [2.75, 3.05) is 0 Å². The molecule has 0 N–H and O–H groups in total. The van der Waals surface area contributed by atoms with Crippen molar-refractivity contribution in [3.63, 3.8) is 0 Å². The van der Waals surface area contributed by atoms with Gasteiger partial charge in [-0.3, -0.25) is 10.1 Å². The van der Waals surface area contributed by atoms with Crippen LogP contribution in [-0.2, 0) is 0 Å². The topological polar surface area (TPSA) is 76.2 Å². The first kappa shape index (κ1) is 17.2. The van der Waals surface area contributed by atoms with Crippen molar-refractivity contribution in [1.82, 2.24) is 0 Å². The number of nitro benzene ring substituents is 1. The van der Waals surface area contributed by atoms with E-state index in [9.17, 15) is 15.4 Å². The predicted molar refractivity (Wildman–Crippen MR) is 93.4 cm³/mol. The zero-order valence-electron chi connectivity index (χ0n) is 13.6. The van der Waals surface area contributed by atoms with E-state index in [2.05, 4.69) is 13.0 Å². The molecule has 0 unspecified atom stereocenters. The lowest BCUT2D eigenvalue weighted by Gasteiger charge is -2.12. The third-order valence-corrected chi connectivity index (χ3v) is 3.61. The highest BCUT2D eigenvalue weighted by Crippen LogP contribution is 2.22. The molecule has 5 nitrogen and oxygen atoms in total. The number of allylic oxidation sites excluding steroid dienone is 1. The minimum atomic E-state index is -0.463. The number of hydrogen-bond acceptors (Lipinski definition) is 4. The highest BCUT2D eigenvalue weighted by molar-refractivity contribution is 5.89. The number of non-ortho nitro benzene ring substituents is 1. The van der Waals surface area contributed by atoms with Crippen molar-refractivity contribution >= 4 is 17.3 Å². The second-order valence-electron chi connectivity index (χ2n) is 5.38. The molecule has 0 saturated carbocycles. The summed E-state index contributed by atoms with van der Waals surface area (Å²) in [4.78, 5) is 10.2. The van der Waals surface area contributed by atoms with Gasteiger partial charge in [0.2, 0.25) is 0 Å². The van der Waals surface area contributed by atoms with Gasteiger partial charge in [0.15, 0.2) is 0 Å². The Bertz CT molecular complexity index is 772. The normalized spacial score (nSPS) is 12.3. The lowest BCUT2D eigenvalue weighted by molar-refractivity contribution is -0.384. The van der Waals surface area contributed by atoms with Crippen molar-refractivity contribution in [3.05, 3.63) is 69.8 Å². The molecule has 0 spiro atoms. The molecular formula is C19H18N2O3. The number of ether oxygens (including phenoxy) is 1. The van der Waals surface area contributed by atoms with Crippen LogP contribution < -0.4 is 4.74 Å². The molecule has 1 atom stereocenters. The number of nitriles is 1. The summed E-state index contributed by atoms with van der Waals surface area (Å²) in [6.45, 7) is 4.07. The second-order valence-corrected chi connectivity index (χ2v) is 5.38. The van der Waals surface area contributed by atoms with Gasteiger partial charge in [-0.1, -0.05) is 19.1 Å². The van der Waals surface area contributed by atoms with Gasteiger partial charge in [-0.05, 0) is 54.8 Å². The minimum absolute atomic E-state index is 0.00239. The molecular weight excluding hydrogens is 304 g/mol. The SMILES string of the molecule is CC[C@H](C)Oc1ccc(/C=C(/C#N)c2ccc([N+](=O)[O-])cc2)cc1. The van der Waals surface area contributed by atoms with Gasteiger partial charge >= 0.3 is 0 Å². The number of benzene rings is 2. The molecule has 0 saturated heterocycles. The van der Waals surface area contributed by atoms with Crippen LogP contribution in [0.4, 0.5) is 5.69 Å². The molecule has 0 aliphatic rings. The molecule has 24 heavy (non-hydrogen) atoms. The van der Waals surface area contributed by atoms with E-state index in [-0.39, 0.29) is 11.8 Å². The fourth-order valence-corrected chi connectivity index (χ4v) is 2.07. The van der Waals surface area contributed by atoms with Crippen LogP contribution in [0.5, 0.6) is 5.75 Å². The number of nitro groups is 1. The van der Waals surface area contributed by atoms with Crippen molar-refractivity contribution in [2.24, 2.45) is 0 Å². The summed E-state index contributed by atoms with van der Waals surface area (Å²) in [5, 5.41) is 20.0. The number of hydrogen-bond donors (Lipinski definition) is 0. The van der Waals surface area contributed by atoms with Crippen molar-refractivity contribution in [2.45, 2.75) is 26.4 Å². The zero-order chi connectivity index (χ0) is 17.5. The molecule has 0 aromatic heterocycles. The minimum Gasteiger partial charge on any atom is -0.491 e. The average molecular weight is 322 g/mol. The molecule has 0 fully saturated rings. The van der Waals surface area contributed by atoms with Crippen LogP contribution in [0.3, 0.4) is 0 Å². The van der Waals surface area contributed by atoms with Gasteiger partial charge in [-0.2, -0.15) is 5.26 Å². The molecule has 122 valence electrons. The van der Waals surface area contributed by atoms with Gasteiger partial charge in [0.25, 0.3) is 5.69 Å². The Kier molecular flexibility index (Phi) is 5.69. The Labute approximate surface area is 141 Å². The van der Waals surface area contributed by atoms with E-state index in [1.807, 2.05) is 31.2 Å². The summed E-state index contributed by atoms with van der Waals surface area (Å²) in [6.07, 6.45) is 2.83. The maximum Gasteiger partial charge on any atom is 0.269 e. The van der Waals surface area contributed by atoms with Gasteiger partial charge in [0, 0.05) is 12.1 Å². The van der Waals surface area contributed by atoms with E-state index in [0.29, 0.717) is 11.1 Å². The van der Waals surface area contributed by atoms with Gasteiger partial charge in [-0.15, -0.1) is 0 Å². The van der Waals surface area contributed by atoms with Gasteiger partial charge in [0.05, 0.1) is 22.7 Å². The lowest BCUT2D eigenvalue weighted by atomic mass is 10.0. The highest BCUT2D eigenvalue weighted by atomic mass is 16.6. The lowest BCUT2D eigenvalue weighted by Crippen LogP contribution is -2.09. The van der Waals surface area contributed by atoms with Crippen molar-refractivity contribution < 1.29 is 9.66 Å². The van der Waals surface area contributed by atoms with E-state index >= 15 is 0 Å². The summed E-state index contributed by atoms with van der Waals surface area (Å²) < 4.78 is 5.72. The zero-order valence-corrected chi connectivity index (χ0v) is 13.6. The molecule has 0 aliphatic heterocycles. The monoisotopic (exact) mass is 322 g/mol. The maximum atomic E-state index is 10.7. The largest absolute Gasteiger partial charge is 0.491 e. The third kappa shape index (κ3) is 4.43. The number of nitrogens with zero attached hydrogens (tertiary/aromatic N) is 2. The van der Waals surface area contributed by atoms with E-state index in [1.54, 1.807) is 18.2 Å². The molecule has 0 bridgehead atoms. The van der Waals surface area contributed by atoms with E-state index in [4.69, 9.17) is 4.74 Å². The van der Waals surface area contributed by atoms with Crippen LogP contribution in [0.2, 0.25) is 0 Å². The average Bonchev–Trinajstić information content (AvgIpc) is 2.61. The van der Waals surface area contributed by atoms with Crippen molar-refractivity contribution in [3.8, 4) is 11.8 Å². The smallest absolute Gasteiger partial charge is 0.269 e. The Morgan fingerprint density at radius 3 is 2.38 bits per heavy atom. The summed E-state index contributed by atoms with van der Waals surface area (Å²) in [5.41, 5.74) is 1.95. The first-order valence-electron chi connectivity index (χ1n) is 7.66. The first-order chi connectivity index (χ1) is 11.5. The Hall–Kier alpha value is -3.13. The summed E-state index contributed by atoms with van der Waals surface area (Å²) in [7, 11) is 0. The fourth-order valence-electron chi connectivity index (χ4n) is 2.07. The van der Waals surface area contributed by atoms with Crippen molar-refractivity contribution in [1.29, 1.82) is 5.26 Å². The molecule has 0 radical (unpaired) electrons. The van der Waals surface area contributed by atoms with Gasteiger partial charge in [-0.25, -0.2) is 0 Å². The predicted octanol–water partition coefficient (Wildman–Crippen LogP) is 4.84. The first-order valence-corrected chi connectivity index (χ1v) is 7.66. The number of rotatable bonds is 6. The summed E-state index contributed by atoms with van der Waals surface area (Å²) in [5.74, 6) is 0.787. The van der Waals surface area contributed by atoms with E-state index in [0.717, 1.165) is 17.7 Å².